The molecule has 2 aromatic rings. The summed E-state index contributed by atoms with van der Waals surface area (Å²) in [5.41, 5.74) is 8.09. The molecule has 0 aliphatic heterocycles. The molecule has 2 rings (SSSR count). The van der Waals surface area contributed by atoms with Crippen LogP contribution in [0.15, 0.2) is 48.8 Å². The SMILES string of the molecule is NC(=O)c1ccccc1CNCCc1ccncc1. The number of nitrogens with two attached hydrogens (primary N) is 1. The lowest BCUT2D eigenvalue weighted by Crippen LogP contribution is -2.20. The molecule has 3 N–H and O–H groups in total. The molecule has 1 aromatic carbocycles. The minimum atomic E-state index is -0.383. The highest BCUT2D eigenvalue weighted by molar-refractivity contribution is 5.94. The van der Waals surface area contributed by atoms with Crippen molar-refractivity contribution in [1.29, 1.82) is 0 Å². The quantitative estimate of drug-likeness (QED) is 0.769. The molecule has 0 aliphatic rings. The highest BCUT2D eigenvalue weighted by Gasteiger charge is 2.05. The average molecular weight is 255 g/mol. The van der Waals surface area contributed by atoms with E-state index in [4.69, 9.17) is 5.73 Å². The summed E-state index contributed by atoms with van der Waals surface area (Å²) in [4.78, 5) is 15.2. The standard InChI is InChI=1S/C15H17N3O/c16-15(19)14-4-2-1-3-13(14)11-18-10-7-12-5-8-17-9-6-12/h1-6,8-9,18H,7,10-11H2,(H2,16,19). The number of nitrogens with zero attached hydrogens (tertiary/aromatic N) is 1. The van der Waals surface area contributed by atoms with E-state index in [1.807, 2.05) is 30.3 Å². The smallest absolute Gasteiger partial charge is 0.249 e. The number of carbonyl (C=O) groups excluding carboxylic acids is 1. The normalized spacial score (nSPS) is 10.3. The fourth-order valence-corrected chi connectivity index (χ4v) is 1.92. The third-order valence-corrected chi connectivity index (χ3v) is 2.94. The Hall–Kier alpha value is -2.20. The van der Waals surface area contributed by atoms with Crippen LogP contribution in [0.25, 0.3) is 0 Å². The van der Waals surface area contributed by atoms with Gasteiger partial charge in [0.2, 0.25) is 5.91 Å². The van der Waals surface area contributed by atoms with Gasteiger partial charge in [-0.2, -0.15) is 0 Å². The molecule has 0 saturated carbocycles. The Bertz CT molecular complexity index is 540. The fraction of sp³-hybridized carbons (Fsp3) is 0.200. The molecule has 0 aliphatic carbocycles. The molecule has 0 fully saturated rings. The van der Waals surface area contributed by atoms with Crippen LogP contribution in [0.1, 0.15) is 21.5 Å². The van der Waals surface area contributed by atoms with Crippen LogP contribution in [0.3, 0.4) is 0 Å². The van der Waals surface area contributed by atoms with E-state index in [2.05, 4.69) is 10.3 Å². The zero-order valence-corrected chi connectivity index (χ0v) is 10.7. The fourth-order valence-electron chi connectivity index (χ4n) is 1.92. The summed E-state index contributed by atoms with van der Waals surface area (Å²) in [7, 11) is 0. The van der Waals surface area contributed by atoms with Gasteiger partial charge in [0.05, 0.1) is 0 Å². The van der Waals surface area contributed by atoms with Crippen molar-refractivity contribution in [2.75, 3.05) is 6.54 Å². The number of carbonyl (C=O) groups is 1. The van der Waals surface area contributed by atoms with Crippen LogP contribution in [0.5, 0.6) is 0 Å². The number of benzene rings is 1. The van der Waals surface area contributed by atoms with E-state index in [1.54, 1.807) is 18.5 Å². The van der Waals surface area contributed by atoms with Crippen molar-refractivity contribution >= 4 is 5.91 Å². The van der Waals surface area contributed by atoms with Gasteiger partial charge in [0.1, 0.15) is 0 Å². The number of hydrogen-bond acceptors (Lipinski definition) is 3. The van der Waals surface area contributed by atoms with E-state index in [0.29, 0.717) is 12.1 Å². The number of aromatic nitrogens is 1. The Labute approximate surface area is 112 Å². The van der Waals surface area contributed by atoms with Crippen LogP contribution in [-0.2, 0) is 13.0 Å². The van der Waals surface area contributed by atoms with Crippen molar-refractivity contribution in [1.82, 2.24) is 10.3 Å². The van der Waals surface area contributed by atoms with Gasteiger partial charge in [0.25, 0.3) is 0 Å². The van der Waals surface area contributed by atoms with E-state index in [1.165, 1.54) is 5.56 Å². The molecule has 0 unspecified atom stereocenters. The van der Waals surface area contributed by atoms with Gasteiger partial charge < -0.3 is 11.1 Å². The lowest BCUT2D eigenvalue weighted by atomic mass is 10.1. The molecule has 0 saturated heterocycles. The molecule has 1 amide bonds. The van der Waals surface area contributed by atoms with Gasteiger partial charge >= 0.3 is 0 Å². The van der Waals surface area contributed by atoms with Gasteiger partial charge in [-0.1, -0.05) is 18.2 Å². The Morgan fingerprint density at radius 1 is 1.16 bits per heavy atom. The maximum Gasteiger partial charge on any atom is 0.249 e. The summed E-state index contributed by atoms with van der Waals surface area (Å²) in [6.45, 7) is 1.49. The minimum Gasteiger partial charge on any atom is -0.366 e. The van der Waals surface area contributed by atoms with E-state index in [0.717, 1.165) is 18.5 Å². The second kappa shape index (κ2) is 6.66. The zero-order chi connectivity index (χ0) is 13.5. The highest BCUT2D eigenvalue weighted by atomic mass is 16.1. The summed E-state index contributed by atoms with van der Waals surface area (Å²) in [6, 6.07) is 11.4. The van der Waals surface area contributed by atoms with Crippen molar-refractivity contribution in [2.45, 2.75) is 13.0 Å². The Morgan fingerprint density at radius 3 is 2.63 bits per heavy atom. The van der Waals surface area contributed by atoms with Crippen molar-refractivity contribution in [2.24, 2.45) is 5.73 Å². The second-order valence-electron chi connectivity index (χ2n) is 4.30. The molecule has 0 bridgehead atoms. The lowest BCUT2D eigenvalue weighted by Gasteiger charge is -2.08. The van der Waals surface area contributed by atoms with E-state index < -0.39 is 0 Å². The minimum absolute atomic E-state index is 0.383. The molecule has 0 radical (unpaired) electrons. The van der Waals surface area contributed by atoms with E-state index in [-0.39, 0.29) is 5.91 Å². The van der Waals surface area contributed by atoms with Crippen molar-refractivity contribution < 1.29 is 4.79 Å². The molecular formula is C15H17N3O. The monoisotopic (exact) mass is 255 g/mol. The molecule has 0 spiro atoms. The number of hydrogen-bond donors (Lipinski definition) is 2. The van der Waals surface area contributed by atoms with Crippen LogP contribution < -0.4 is 11.1 Å². The number of nitrogens with one attached hydrogen (secondary N) is 1. The summed E-state index contributed by atoms with van der Waals surface area (Å²) in [6.07, 6.45) is 4.51. The molecule has 19 heavy (non-hydrogen) atoms. The van der Waals surface area contributed by atoms with Crippen LogP contribution in [-0.4, -0.2) is 17.4 Å². The summed E-state index contributed by atoms with van der Waals surface area (Å²) >= 11 is 0. The maximum absolute atomic E-state index is 11.3. The topological polar surface area (TPSA) is 68.0 Å². The first-order valence-corrected chi connectivity index (χ1v) is 6.24. The molecule has 4 nitrogen and oxygen atoms in total. The first kappa shape index (κ1) is 13.2. The third kappa shape index (κ3) is 3.89. The number of rotatable bonds is 6. The number of amides is 1. The molecule has 4 heteroatoms. The Kier molecular flexibility index (Phi) is 4.64. The van der Waals surface area contributed by atoms with Crippen LogP contribution in [0.2, 0.25) is 0 Å². The third-order valence-electron chi connectivity index (χ3n) is 2.94. The van der Waals surface area contributed by atoms with Gasteiger partial charge in [-0.3, -0.25) is 9.78 Å². The lowest BCUT2D eigenvalue weighted by molar-refractivity contribution is 0.0999. The predicted molar refractivity (Wildman–Crippen MR) is 74.6 cm³/mol. The molecule has 1 aromatic heterocycles. The predicted octanol–water partition coefficient (Wildman–Crippen LogP) is 1.51. The van der Waals surface area contributed by atoms with Gasteiger partial charge in [-0.15, -0.1) is 0 Å². The first-order valence-electron chi connectivity index (χ1n) is 6.24. The van der Waals surface area contributed by atoms with Crippen LogP contribution >= 0.6 is 0 Å². The summed E-state index contributed by atoms with van der Waals surface area (Å²) in [5.74, 6) is -0.383. The molecule has 1 heterocycles. The zero-order valence-electron chi connectivity index (χ0n) is 10.7. The average Bonchev–Trinajstić information content (AvgIpc) is 2.45. The van der Waals surface area contributed by atoms with Gasteiger partial charge in [-0.05, 0) is 42.3 Å². The van der Waals surface area contributed by atoms with Gasteiger partial charge in [0, 0.05) is 24.5 Å². The van der Waals surface area contributed by atoms with Crippen molar-refractivity contribution in [3.8, 4) is 0 Å². The van der Waals surface area contributed by atoms with E-state index in [9.17, 15) is 4.79 Å². The molecule has 0 atom stereocenters. The van der Waals surface area contributed by atoms with Crippen molar-refractivity contribution in [3.05, 3.63) is 65.5 Å². The van der Waals surface area contributed by atoms with E-state index >= 15 is 0 Å². The second-order valence-corrected chi connectivity index (χ2v) is 4.30. The van der Waals surface area contributed by atoms with Crippen LogP contribution in [0, 0.1) is 0 Å². The van der Waals surface area contributed by atoms with Crippen molar-refractivity contribution in [3.63, 3.8) is 0 Å². The summed E-state index contributed by atoms with van der Waals surface area (Å²) < 4.78 is 0. The maximum atomic E-state index is 11.3. The highest BCUT2D eigenvalue weighted by Crippen LogP contribution is 2.07. The van der Waals surface area contributed by atoms with Gasteiger partial charge in [-0.25, -0.2) is 0 Å². The molecule has 98 valence electrons. The molecular weight excluding hydrogens is 238 g/mol. The summed E-state index contributed by atoms with van der Waals surface area (Å²) in [5, 5.41) is 3.32. The Morgan fingerprint density at radius 2 is 1.89 bits per heavy atom. The first-order chi connectivity index (χ1) is 9.27. The Balaban J connectivity index is 1.85. The van der Waals surface area contributed by atoms with Gasteiger partial charge in [0.15, 0.2) is 0 Å². The number of primary amides is 1. The largest absolute Gasteiger partial charge is 0.366 e. The van der Waals surface area contributed by atoms with Crippen LogP contribution in [0.4, 0.5) is 0 Å². The number of pyridine rings is 1.